The van der Waals surface area contributed by atoms with E-state index in [0.717, 1.165) is 0 Å². The van der Waals surface area contributed by atoms with Crippen molar-refractivity contribution in [3.8, 4) is 0 Å². The highest BCUT2D eigenvalue weighted by Gasteiger charge is 2.36. The average Bonchev–Trinajstić information content (AvgIpc) is 2.07. The molecular formula is C5H8Cl2FO2P. The van der Waals surface area contributed by atoms with Gasteiger partial charge in [0.25, 0.3) is 7.73 Å². The van der Waals surface area contributed by atoms with E-state index < -0.39 is 19.8 Å². The van der Waals surface area contributed by atoms with E-state index in [9.17, 15) is 4.39 Å². The van der Waals surface area contributed by atoms with Gasteiger partial charge >= 0.3 is 0 Å². The minimum atomic E-state index is -1.31. The van der Waals surface area contributed by atoms with Crippen molar-refractivity contribution < 1.29 is 13.4 Å². The van der Waals surface area contributed by atoms with E-state index in [1.807, 2.05) is 0 Å². The molecule has 0 bridgehead atoms. The van der Waals surface area contributed by atoms with Crippen molar-refractivity contribution in [1.29, 1.82) is 0 Å². The van der Waals surface area contributed by atoms with Crippen molar-refractivity contribution in [3.05, 3.63) is 0 Å². The zero-order valence-corrected chi connectivity index (χ0v) is 8.13. The predicted molar refractivity (Wildman–Crippen MR) is 43.8 cm³/mol. The summed E-state index contributed by atoms with van der Waals surface area (Å²) < 4.78 is 22.3. The highest BCUT2D eigenvalue weighted by molar-refractivity contribution is 7.76. The Labute approximate surface area is 75.7 Å². The number of halogens is 3. The zero-order chi connectivity index (χ0) is 8.32. The van der Waals surface area contributed by atoms with Crippen LogP contribution in [0.1, 0.15) is 0 Å². The van der Waals surface area contributed by atoms with Crippen LogP contribution in [0.5, 0.6) is 0 Å². The fraction of sp³-hybridized carbons (Fsp3) is 1.00. The molecule has 1 heterocycles. The summed E-state index contributed by atoms with van der Waals surface area (Å²) in [6.07, 6.45) is 0. The molecule has 6 heteroatoms. The molecule has 0 radical (unpaired) electrons. The predicted octanol–water partition coefficient (Wildman–Crippen LogP) is 2.69. The van der Waals surface area contributed by atoms with Crippen LogP contribution in [0.25, 0.3) is 0 Å². The van der Waals surface area contributed by atoms with Crippen molar-refractivity contribution in [2.75, 3.05) is 25.8 Å². The lowest BCUT2D eigenvalue weighted by molar-refractivity contribution is 0.0372. The van der Waals surface area contributed by atoms with Crippen LogP contribution in [0.2, 0.25) is 0 Å². The van der Waals surface area contributed by atoms with Crippen LogP contribution >= 0.6 is 30.6 Å². The van der Waals surface area contributed by atoms with E-state index in [1.165, 1.54) is 0 Å². The summed E-state index contributed by atoms with van der Waals surface area (Å²) in [7, 11) is -1.31. The molecule has 0 aromatic rings. The maximum absolute atomic E-state index is 12.4. The standard InChI is InChI=1S/C5H8Cl2FO2P/c6-1-5(2-8)3-9-11(7)10-4-5/h1-4H2. The number of hydrogen-bond acceptors (Lipinski definition) is 2. The van der Waals surface area contributed by atoms with Crippen molar-refractivity contribution in [2.24, 2.45) is 5.41 Å². The monoisotopic (exact) mass is 220 g/mol. The SMILES string of the molecule is FCC1(CCl)COP(Cl)OC1. The lowest BCUT2D eigenvalue weighted by atomic mass is 9.95. The maximum Gasteiger partial charge on any atom is 0.276 e. The Balaban J connectivity index is 2.45. The fourth-order valence-corrected chi connectivity index (χ4v) is 1.99. The lowest BCUT2D eigenvalue weighted by Gasteiger charge is -2.33. The summed E-state index contributed by atoms with van der Waals surface area (Å²) in [6, 6.07) is 0. The van der Waals surface area contributed by atoms with Crippen LogP contribution in [-0.4, -0.2) is 25.8 Å². The Bertz CT molecular complexity index is 124. The molecule has 0 saturated carbocycles. The molecule has 11 heavy (non-hydrogen) atoms. The molecule has 2 nitrogen and oxygen atoms in total. The van der Waals surface area contributed by atoms with Crippen LogP contribution < -0.4 is 0 Å². The molecule has 0 aromatic carbocycles. The molecule has 0 N–H and O–H groups in total. The molecule has 0 aromatic heterocycles. The normalized spacial score (nSPS) is 39.0. The third-order valence-corrected chi connectivity index (χ3v) is 3.33. The first kappa shape index (κ1) is 9.94. The maximum atomic E-state index is 12.4. The Morgan fingerprint density at radius 1 is 1.45 bits per heavy atom. The number of hydrogen-bond donors (Lipinski definition) is 0. The quantitative estimate of drug-likeness (QED) is 0.527. The van der Waals surface area contributed by atoms with Crippen LogP contribution in [0, 0.1) is 5.41 Å². The second-order valence-corrected chi connectivity index (χ2v) is 4.56. The average molecular weight is 221 g/mol. The van der Waals surface area contributed by atoms with E-state index in [4.69, 9.17) is 31.9 Å². The first-order chi connectivity index (χ1) is 5.22. The second kappa shape index (κ2) is 4.20. The molecule has 66 valence electrons. The van der Waals surface area contributed by atoms with Gasteiger partial charge in [0.2, 0.25) is 0 Å². The van der Waals surface area contributed by atoms with E-state index in [0.29, 0.717) is 0 Å². The molecule has 0 atom stereocenters. The molecule has 1 fully saturated rings. The number of alkyl halides is 2. The summed E-state index contributed by atoms with van der Waals surface area (Å²) in [5.74, 6) is 0.198. The highest BCUT2D eigenvalue weighted by atomic mass is 35.7. The van der Waals surface area contributed by atoms with Crippen LogP contribution in [0.4, 0.5) is 4.39 Å². The second-order valence-electron chi connectivity index (χ2n) is 2.53. The van der Waals surface area contributed by atoms with Crippen molar-refractivity contribution >= 4 is 30.6 Å². The molecule has 1 aliphatic rings. The molecule has 0 aliphatic carbocycles. The minimum Gasteiger partial charge on any atom is -0.321 e. The van der Waals surface area contributed by atoms with Crippen molar-refractivity contribution in [2.45, 2.75) is 0 Å². The fourth-order valence-electron chi connectivity index (χ4n) is 0.644. The summed E-state index contributed by atoms with van der Waals surface area (Å²) in [5, 5.41) is 0. The summed E-state index contributed by atoms with van der Waals surface area (Å²) in [5.41, 5.74) is -0.671. The first-order valence-electron chi connectivity index (χ1n) is 3.06. The highest BCUT2D eigenvalue weighted by Crippen LogP contribution is 2.50. The minimum absolute atomic E-state index is 0.198. The Morgan fingerprint density at radius 3 is 2.36 bits per heavy atom. The largest absolute Gasteiger partial charge is 0.321 e. The molecule has 1 rings (SSSR count). The molecule has 1 aliphatic heterocycles. The summed E-state index contributed by atoms with van der Waals surface area (Å²) >= 11 is 11.1. The third kappa shape index (κ3) is 2.40. The molecule has 0 unspecified atom stereocenters. The van der Waals surface area contributed by atoms with E-state index in [1.54, 1.807) is 0 Å². The molecule has 0 spiro atoms. The third-order valence-electron chi connectivity index (χ3n) is 1.51. The lowest BCUT2D eigenvalue weighted by Crippen LogP contribution is -2.38. The number of rotatable bonds is 2. The van der Waals surface area contributed by atoms with Gasteiger partial charge in [-0.15, -0.1) is 11.6 Å². The van der Waals surface area contributed by atoms with Gasteiger partial charge in [-0.25, -0.2) is 0 Å². The van der Waals surface area contributed by atoms with Gasteiger partial charge in [0.1, 0.15) is 6.67 Å². The van der Waals surface area contributed by atoms with Crippen molar-refractivity contribution in [1.82, 2.24) is 0 Å². The first-order valence-corrected chi connectivity index (χ1v) is 5.68. The topological polar surface area (TPSA) is 18.5 Å². The van der Waals surface area contributed by atoms with Crippen LogP contribution in [0.15, 0.2) is 0 Å². The van der Waals surface area contributed by atoms with E-state index in [-0.39, 0.29) is 19.1 Å². The Morgan fingerprint density at radius 2 is 2.00 bits per heavy atom. The Kier molecular flexibility index (Phi) is 3.79. The molecule has 1 saturated heterocycles. The van der Waals surface area contributed by atoms with Gasteiger partial charge in [0, 0.05) is 5.88 Å². The smallest absolute Gasteiger partial charge is 0.276 e. The van der Waals surface area contributed by atoms with Crippen molar-refractivity contribution in [3.63, 3.8) is 0 Å². The molecule has 0 amide bonds. The van der Waals surface area contributed by atoms with Gasteiger partial charge in [-0.1, -0.05) is 0 Å². The zero-order valence-electron chi connectivity index (χ0n) is 5.73. The molecular weight excluding hydrogens is 213 g/mol. The van der Waals surface area contributed by atoms with Gasteiger partial charge in [-0.2, -0.15) is 0 Å². The summed E-state index contributed by atoms with van der Waals surface area (Å²) in [4.78, 5) is 0. The summed E-state index contributed by atoms with van der Waals surface area (Å²) in [6.45, 7) is -0.0268. The Hall–Kier alpha value is 0.860. The van der Waals surface area contributed by atoms with E-state index >= 15 is 0 Å². The van der Waals surface area contributed by atoms with Crippen LogP contribution in [0.3, 0.4) is 0 Å². The van der Waals surface area contributed by atoms with Gasteiger partial charge in [0.15, 0.2) is 0 Å². The van der Waals surface area contributed by atoms with Gasteiger partial charge in [-0.3, -0.25) is 4.39 Å². The van der Waals surface area contributed by atoms with Gasteiger partial charge < -0.3 is 9.05 Å². The van der Waals surface area contributed by atoms with Crippen LogP contribution in [-0.2, 0) is 9.05 Å². The van der Waals surface area contributed by atoms with Gasteiger partial charge in [0.05, 0.1) is 18.6 Å². The van der Waals surface area contributed by atoms with E-state index in [2.05, 4.69) is 0 Å². The van der Waals surface area contributed by atoms with Gasteiger partial charge in [-0.05, 0) is 11.2 Å².